The van der Waals surface area contributed by atoms with Crippen molar-refractivity contribution in [1.29, 1.82) is 5.26 Å². The fourth-order valence-electron chi connectivity index (χ4n) is 3.41. The molecule has 0 saturated heterocycles. The summed E-state index contributed by atoms with van der Waals surface area (Å²) in [6.07, 6.45) is -4.61. The first kappa shape index (κ1) is 23.0. The molecule has 0 atom stereocenters. The molecule has 2 aromatic carbocycles. The first-order valence-electron chi connectivity index (χ1n) is 9.45. The number of nitriles is 1. The third-order valence-electron chi connectivity index (χ3n) is 4.94. The van der Waals surface area contributed by atoms with Gasteiger partial charge in [-0.25, -0.2) is 0 Å². The van der Waals surface area contributed by atoms with Crippen molar-refractivity contribution >= 4 is 22.7 Å². The molecule has 158 valence electrons. The lowest BCUT2D eigenvalue weighted by Gasteiger charge is -2.27. The highest BCUT2D eigenvalue weighted by atomic mass is 19.4. The molecule has 2 N–H and O–H groups in total. The Balaban J connectivity index is 2.68. The van der Waals surface area contributed by atoms with Gasteiger partial charge < -0.3 is 10.6 Å². The third kappa shape index (κ3) is 4.65. The Bertz CT molecular complexity index is 1040. The summed E-state index contributed by atoms with van der Waals surface area (Å²) in [5.41, 5.74) is 9.77. The van der Waals surface area contributed by atoms with Crippen LogP contribution >= 0.6 is 0 Å². The SMILES string of the molecule is CCN(c1ccc(C#N)c(C(F)(F)F)c1)c1cc(C(C(C)=NC)=C(C)N)ccc1C. The summed E-state index contributed by atoms with van der Waals surface area (Å²) < 4.78 is 40.3. The summed E-state index contributed by atoms with van der Waals surface area (Å²) in [5.74, 6) is 0. The van der Waals surface area contributed by atoms with E-state index in [0.717, 1.165) is 34.2 Å². The van der Waals surface area contributed by atoms with Gasteiger partial charge in [-0.05, 0) is 63.1 Å². The molecule has 0 saturated carbocycles. The van der Waals surface area contributed by atoms with Crippen molar-refractivity contribution in [3.63, 3.8) is 0 Å². The van der Waals surface area contributed by atoms with Gasteiger partial charge in [-0.2, -0.15) is 18.4 Å². The van der Waals surface area contributed by atoms with Gasteiger partial charge in [0, 0.05) is 41.9 Å². The van der Waals surface area contributed by atoms with Crippen LogP contribution in [-0.2, 0) is 6.18 Å². The number of halogens is 3. The number of hydrogen-bond acceptors (Lipinski definition) is 4. The van der Waals surface area contributed by atoms with Gasteiger partial charge in [0.15, 0.2) is 0 Å². The summed E-state index contributed by atoms with van der Waals surface area (Å²) in [4.78, 5) is 6.02. The number of allylic oxidation sites excluding steroid dienone is 2. The van der Waals surface area contributed by atoms with Crippen LogP contribution in [0, 0.1) is 18.3 Å². The van der Waals surface area contributed by atoms with Crippen LogP contribution in [0.2, 0.25) is 0 Å². The van der Waals surface area contributed by atoms with E-state index in [2.05, 4.69) is 4.99 Å². The van der Waals surface area contributed by atoms with Gasteiger partial charge >= 0.3 is 6.18 Å². The Morgan fingerprint density at radius 2 is 1.83 bits per heavy atom. The zero-order chi connectivity index (χ0) is 22.6. The van der Waals surface area contributed by atoms with Crippen molar-refractivity contribution in [2.75, 3.05) is 18.5 Å². The van der Waals surface area contributed by atoms with Crippen molar-refractivity contribution in [3.05, 3.63) is 64.3 Å². The molecule has 0 aliphatic rings. The predicted molar refractivity (Wildman–Crippen MR) is 116 cm³/mol. The van der Waals surface area contributed by atoms with Gasteiger partial charge in [-0.15, -0.1) is 0 Å². The Morgan fingerprint density at radius 3 is 2.33 bits per heavy atom. The lowest BCUT2D eigenvalue weighted by atomic mass is 9.97. The average molecular weight is 414 g/mol. The van der Waals surface area contributed by atoms with Crippen molar-refractivity contribution in [2.24, 2.45) is 10.7 Å². The van der Waals surface area contributed by atoms with Crippen LogP contribution in [0.4, 0.5) is 24.5 Å². The number of benzene rings is 2. The second-order valence-corrected chi connectivity index (χ2v) is 6.95. The molecule has 0 radical (unpaired) electrons. The number of nitrogens with zero attached hydrogens (tertiary/aromatic N) is 3. The van der Waals surface area contributed by atoms with Gasteiger partial charge in [0.25, 0.3) is 0 Å². The number of nitrogens with two attached hydrogens (primary N) is 1. The van der Waals surface area contributed by atoms with Crippen LogP contribution in [0.5, 0.6) is 0 Å². The first-order valence-corrected chi connectivity index (χ1v) is 9.45. The van der Waals surface area contributed by atoms with Crippen LogP contribution in [0.3, 0.4) is 0 Å². The molecule has 7 heteroatoms. The molecule has 0 unspecified atom stereocenters. The lowest BCUT2D eigenvalue weighted by Crippen LogP contribution is -2.19. The minimum absolute atomic E-state index is 0.361. The maximum atomic E-state index is 13.4. The molecule has 0 amide bonds. The van der Waals surface area contributed by atoms with E-state index in [1.165, 1.54) is 12.1 Å². The van der Waals surface area contributed by atoms with Crippen molar-refractivity contribution < 1.29 is 13.2 Å². The van der Waals surface area contributed by atoms with Crippen LogP contribution in [0.1, 0.15) is 43.0 Å². The monoisotopic (exact) mass is 414 g/mol. The maximum Gasteiger partial charge on any atom is 0.417 e. The molecule has 2 aromatic rings. The van der Waals surface area contributed by atoms with Gasteiger partial charge in [0.2, 0.25) is 0 Å². The van der Waals surface area contributed by atoms with Crippen molar-refractivity contribution in [3.8, 4) is 6.07 Å². The van der Waals surface area contributed by atoms with Crippen LogP contribution in [-0.4, -0.2) is 19.3 Å². The summed E-state index contributed by atoms with van der Waals surface area (Å²) in [6.45, 7) is 7.85. The van der Waals surface area contributed by atoms with E-state index in [1.54, 1.807) is 24.9 Å². The highest BCUT2D eigenvalue weighted by Crippen LogP contribution is 2.37. The smallest absolute Gasteiger partial charge is 0.402 e. The van der Waals surface area contributed by atoms with E-state index < -0.39 is 17.3 Å². The molecule has 0 spiro atoms. The number of aliphatic imine (C=N–C) groups is 1. The van der Waals surface area contributed by atoms with Crippen molar-refractivity contribution in [2.45, 2.75) is 33.9 Å². The van der Waals surface area contributed by atoms with E-state index >= 15 is 0 Å². The van der Waals surface area contributed by atoms with E-state index in [9.17, 15) is 13.2 Å². The quantitative estimate of drug-likeness (QED) is 0.627. The number of aryl methyl sites for hydroxylation is 1. The number of hydrogen-bond donors (Lipinski definition) is 1. The highest BCUT2D eigenvalue weighted by Gasteiger charge is 2.34. The molecule has 0 heterocycles. The zero-order valence-electron chi connectivity index (χ0n) is 17.7. The normalized spacial score (nSPS) is 13.0. The Labute approximate surface area is 175 Å². The highest BCUT2D eigenvalue weighted by molar-refractivity contribution is 6.23. The maximum absolute atomic E-state index is 13.4. The molecule has 0 aliphatic carbocycles. The molecule has 0 aromatic heterocycles. The number of rotatable bonds is 5. The predicted octanol–water partition coefficient (Wildman–Crippen LogP) is 5.82. The Kier molecular flexibility index (Phi) is 6.93. The van der Waals surface area contributed by atoms with Crippen LogP contribution in [0.25, 0.3) is 5.57 Å². The summed E-state index contributed by atoms with van der Waals surface area (Å²) in [5, 5.41) is 9.06. The second-order valence-electron chi connectivity index (χ2n) is 6.95. The molecule has 30 heavy (non-hydrogen) atoms. The molecule has 2 rings (SSSR count). The van der Waals surface area contributed by atoms with E-state index in [4.69, 9.17) is 11.0 Å². The van der Waals surface area contributed by atoms with E-state index in [-0.39, 0.29) is 0 Å². The minimum atomic E-state index is -4.61. The summed E-state index contributed by atoms with van der Waals surface area (Å²) in [7, 11) is 1.68. The molecule has 0 fully saturated rings. The lowest BCUT2D eigenvalue weighted by molar-refractivity contribution is -0.137. The van der Waals surface area contributed by atoms with Crippen molar-refractivity contribution in [1.82, 2.24) is 0 Å². The number of anilines is 2. The Morgan fingerprint density at radius 1 is 1.17 bits per heavy atom. The van der Waals surface area contributed by atoms with Crippen LogP contribution in [0.15, 0.2) is 47.1 Å². The van der Waals surface area contributed by atoms with Gasteiger partial charge in [-0.3, -0.25) is 4.99 Å². The second kappa shape index (κ2) is 9.04. The number of alkyl halides is 3. The van der Waals surface area contributed by atoms with E-state index in [1.807, 2.05) is 39.0 Å². The van der Waals surface area contributed by atoms with Gasteiger partial charge in [-0.1, -0.05) is 12.1 Å². The van der Waals surface area contributed by atoms with Gasteiger partial charge in [0.05, 0.1) is 17.2 Å². The van der Waals surface area contributed by atoms with E-state index in [0.29, 0.717) is 17.9 Å². The molecule has 0 aliphatic heterocycles. The molecular formula is C23H25F3N4. The zero-order valence-corrected chi connectivity index (χ0v) is 17.7. The largest absolute Gasteiger partial charge is 0.417 e. The fourth-order valence-corrected chi connectivity index (χ4v) is 3.41. The van der Waals surface area contributed by atoms with Crippen LogP contribution < -0.4 is 10.6 Å². The Hall–Kier alpha value is -3.27. The standard InChI is InChI=1S/C23H25F3N4/c1-6-30(19-10-9-18(13-27)20(12-19)23(24,25)26)21-11-17(8-7-14(21)2)22(15(3)28)16(4)29-5/h7-12H,6,28H2,1-5H3. The summed E-state index contributed by atoms with van der Waals surface area (Å²) >= 11 is 0. The van der Waals surface area contributed by atoms with Gasteiger partial charge in [0.1, 0.15) is 0 Å². The fraction of sp³-hybridized carbons (Fsp3) is 0.304. The minimum Gasteiger partial charge on any atom is -0.402 e. The third-order valence-corrected chi connectivity index (χ3v) is 4.94. The molecular weight excluding hydrogens is 389 g/mol. The average Bonchev–Trinajstić information content (AvgIpc) is 2.69. The first-order chi connectivity index (χ1) is 14.0. The molecule has 4 nitrogen and oxygen atoms in total. The topological polar surface area (TPSA) is 65.4 Å². The summed E-state index contributed by atoms with van der Waals surface area (Å²) in [6, 6.07) is 11.1. The molecule has 0 bridgehead atoms.